The largest absolute Gasteiger partial charge is 0.385 e. The molecule has 1 atom stereocenters. The Bertz CT molecular complexity index is 870. The van der Waals surface area contributed by atoms with Crippen molar-refractivity contribution in [2.75, 3.05) is 39.2 Å². The predicted octanol–water partition coefficient (Wildman–Crippen LogP) is 2.16. The zero-order valence-corrected chi connectivity index (χ0v) is 17.2. The Morgan fingerprint density at radius 3 is 3.00 bits per heavy atom. The minimum atomic E-state index is -0.0749. The molecule has 152 valence electrons. The molecule has 1 aliphatic rings. The maximum absolute atomic E-state index is 12.9. The lowest BCUT2D eigenvalue weighted by molar-refractivity contribution is -0.135. The topological polar surface area (TPSA) is 73.7 Å². The highest BCUT2D eigenvalue weighted by molar-refractivity contribution is 7.99. The number of hydrogen-bond acceptors (Lipinski definition) is 6. The van der Waals surface area contributed by atoms with E-state index in [1.807, 2.05) is 23.1 Å². The molecule has 0 radical (unpaired) electrons. The van der Waals surface area contributed by atoms with Crippen LogP contribution >= 0.6 is 11.8 Å². The van der Waals surface area contributed by atoms with Crippen molar-refractivity contribution in [2.24, 2.45) is 0 Å². The molecule has 3 rings (SSSR count). The van der Waals surface area contributed by atoms with Gasteiger partial charge in [-0.1, -0.05) is 30.8 Å². The van der Waals surface area contributed by atoms with Gasteiger partial charge in [0.2, 0.25) is 5.91 Å². The van der Waals surface area contributed by atoms with Gasteiger partial charge in [0.15, 0.2) is 5.16 Å². The van der Waals surface area contributed by atoms with Crippen LogP contribution in [0.5, 0.6) is 0 Å². The number of ether oxygens (including phenoxy) is 2. The summed E-state index contributed by atoms with van der Waals surface area (Å²) in [6.45, 7) is 4.95. The number of rotatable bonds is 8. The van der Waals surface area contributed by atoms with Crippen molar-refractivity contribution in [3.8, 4) is 0 Å². The Balaban J connectivity index is 1.77. The molecule has 7 nitrogen and oxygen atoms in total. The molecule has 1 aromatic carbocycles. The van der Waals surface area contributed by atoms with Crippen molar-refractivity contribution in [3.05, 3.63) is 34.6 Å². The van der Waals surface area contributed by atoms with Gasteiger partial charge in [0.25, 0.3) is 5.56 Å². The average Bonchev–Trinajstić information content (AvgIpc) is 2.74. The van der Waals surface area contributed by atoms with Gasteiger partial charge in [-0.25, -0.2) is 4.98 Å². The number of methoxy groups -OCH3 is 1. The van der Waals surface area contributed by atoms with Gasteiger partial charge in [-0.2, -0.15) is 0 Å². The van der Waals surface area contributed by atoms with Crippen LogP contribution in [0.3, 0.4) is 0 Å². The van der Waals surface area contributed by atoms with Gasteiger partial charge >= 0.3 is 0 Å². The molecule has 2 aromatic rings. The predicted molar refractivity (Wildman–Crippen MR) is 110 cm³/mol. The Morgan fingerprint density at radius 2 is 2.21 bits per heavy atom. The number of aromatic nitrogens is 2. The second-order valence-electron chi connectivity index (χ2n) is 6.74. The minimum Gasteiger partial charge on any atom is -0.385 e. The summed E-state index contributed by atoms with van der Waals surface area (Å²) in [7, 11) is 1.64. The number of carbonyl (C=O) groups excluding carboxylic acids is 1. The minimum absolute atomic E-state index is 0.0533. The second-order valence-corrected chi connectivity index (χ2v) is 7.69. The summed E-state index contributed by atoms with van der Waals surface area (Å²) in [5.74, 6) is 0.309. The molecule has 0 N–H and O–H groups in total. The lowest BCUT2D eigenvalue weighted by atomic mass is 10.2. The highest BCUT2D eigenvalue weighted by Crippen LogP contribution is 2.19. The first kappa shape index (κ1) is 20.8. The third-order valence-electron chi connectivity index (χ3n) is 4.83. The molecule has 1 unspecified atom stereocenters. The fourth-order valence-electron chi connectivity index (χ4n) is 3.23. The van der Waals surface area contributed by atoms with Gasteiger partial charge in [-0.05, 0) is 25.0 Å². The van der Waals surface area contributed by atoms with Crippen LogP contribution in [-0.4, -0.2) is 65.6 Å². The van der Waals surface area contributed by atoms with Crippen molar-refractivity contribution in [1.82, 2.24) is 14.5 Å². The lowest BCUT2D eigenvalue weighted by Gasteiger charge is -2.32. The van der Waals surface area contributed by atoms with Crippen molar-refractivity contribution in [2.45, 2.75) is 37.6 Å². The molecule has 8 heteroatoms. The van der Waals surface area contributed by atoms with Crippen molar-refractivity contribution >= 4 is 28.6 Å². The molecule has 0 saturated carbocycles. The Morgan fingerprint density at radius 1 is 1.39 bits per heavy atom. The number of thioether (sulfide) groups is 1. The van der Waals surface area contributed by atoms with Crippen molar-refractivity contribution < 1.29 is 14.3 Å². The number of carbonyl (C=O) groups is 1. The first-order valence-electron chi connectivity index (χ1n) is 9.64. The van der Waals surface area contributed by atoms with Crippen LogP contribution in [0.1, 0.15) is 19.8 Å². The van der Waals surface area contributed by atoms with E-state index < -0.39 is 0 Å². The van der Waals surface area contributed by atoms with Crippen molar-refractivity contribution in [1.29, 1.82) is 0 Å². The molecule has 1 amide bonds. The van der Waals surface area contributed by atoms with Crippen LogP contribution in [0.4, 0.5) is 0 Å². The third-order valence-corrected chi connectivity index (χ3v) is 5.79. The summed E-state index contributed by atoms with van der Waals surface area (Å²) >= 11 is 1.32. The molecule has 0 aliphatic carbocycles. The molecule has 1 aromatic heterocycles. The van der Waals surface area contributed by atoms with Crippen LogP contribution in [0.2, 0.25) is 0 Å². The van der Waals surface area contributed by atoms with E-state index in [1.165, 1.54) is 11.8 Å². The van der Waals surface area contributed by atoms with E-state index in [0.717, 1.165) is 6.42 Å². The SMILES string of the molecule is CCC1CN(C(=O)CSc2nc3ccccc3c(=O)n2CCCOC)CCO1. The summed E-state index contributed by atoms with van der Waals surface area (Å²) < 4.78 is 12.4. The zero-order chi connectivity index (χ0) is 19.9. The molecule has 1 fully saturated rings. The van der Waals surface area contributed by atoms with E-state index >= 15 is 0 Å². The maximum Gasteiger partial charge on any atom is 0.262 e. The van der Waals surface area contributed by atoms with E-state index in [4.69, 9.17) is 9.47 Å². The zero-order valence-electron chi connectivity index (χ0n) is 16.4. The van der Waals surface area contributed by atoms with Crippen LogP contribution in [0, 0.1) is 0 Å². The summed E-state index contributed by atoms with van der Waals surface area (Å²) in [6, 6.07) is 7.32. The average molecular weight is 406 g/mol. The van der Waals surface area contributed by atoms with Crippen LogP contribution in [-0.2, 0) is 20.8 Å². The monoisotopic (exact) mass is 405 g/mol. The van der Waals surface area contributed by atoms with E-state index in [2.05, 4.69) is 11.9 Å². The van der Waals surface area contributed by atoms with Gasteiger partial charge in [0, 0.05) is 33.4 Å². The quantitative estimate of drug-likeness (QED) is 0.381. The first-order valence-corrected chi connectivity index (χ1v) is 10.6. The number of benzene rings is 1. The number of morpholine rings is 1. The molecule has 1 saturated heterocycles. The van der Waals surface area contributed by atoms with Crippen LogP contribution in [0.25, 0.3) is 10.9 Å². The lowest BCUT2D eigenvalue weighted by Crippen LogP contribution is -2.46. The smallest absolute Gasteiger partial charge is 0.262 e. The number of para-hydroxylation sites is 1. The van der Waals surface area contributed by atoms with E-state index in [9.17, 15) is 9.59 Å². The molecule has 28 heavy (non-hydrogen) atoms. The number of amides is 1. The summed E-state index contributed by atoms with van der Waals surface area (Å²) in [5, 5.41) is 1.17. The number of hydrogen-bond donors (Lipinski definition) is 0. The van der Waals surface area contributed by atoms with Gasteiger partial charge in [-0.3, -0.25) is 14.2 Å². The van der Waals surface area contributed by atoms with Crippen LogP contribution < -0.4 is 5.56 Å². The molecule has 0 spiro atoms. The fourth-order valence-corrected chi connectivity index (χ4v) is 4.16. The molecule has 1 aliphatic heterocycles. The Kier molecular flexibility index (Phi) is 7.47. The highest BCUT2D eigenvalue weighted by atomic mass is 32.2. The van der Waals surface area contributed by atoms with Crippen LogP contribution in [0.15, 0.2) is 34.2 Å². The van der Waals surface area contributed by atoms with E-state index in [0.29, 0.717) is 55.3 Å². The number of nitrogens with zero attached hydrogens (tertiary/aromatic N) is 3. The summed E-state index contributed by atoms with van der Waals surface area (Å²) in [4.78, 5) is 32.1. The molecule has 2 heterocycles. The maximum atomic E-state index is 12.9. The van der Waals surface area contributed by atoms with Gasteiger partial charge < -0.3 is 14.4 Å². The Hall–Kier alpha value is -1.90. The summed E-state index contributed by atoms with van der Waals surface area (Å²) in [5.41, 5.74) is 0.580. The van der Waals surface area contributed by atoms with Gasteiger partial charge in [0.1, 0.15) is 0 Å². The second kappa shape index (κ2) is 10.0. The number of fused-ring (bicyclic) bond motifs is 1. The standard InChI is InChI=1S/C20H27N3O4S/c1-3-15-13-22(10-12-27-15)18(24)14-28-20-21-17-8-5-4-7-16(17)19(25)23(20)9-6-11-26-2/h4-5,7-8,15H,3,6,9-14H2,1-2H3. The Labute approximate surface area is 169 Å². The molecule has 0 bridgehead atoms. The fraction of sp³-hybridized carbons (Fsp3) is 0.550. The third kappa shape index (κ3) is 4.92. The van der Waals surface area contributed by atoms with Crippen molar-refractivity contribution in [3.63, 3.8) is 0 Å². The van der Waals surface area contributed by atoms with E-state index in [-0.39, 0.29) is 23.3 Å². The highest BCUT2D eigenvalue weighted by Gasteiger charge is 2.23. The van der Waals surface area contributed by atoms with Gasteiger partial charge in [-0.15, -0.1) is 0 Å². The van der Waals surface area contributed by atoms with Gasteiger partial charge in [0.05, 0.1) is 29.4 Å². The first-order chi connectivity index (χ1) is 13.6. The molecular weight excluding hydrogens is 378 g/mol. The molecular formula is C20H27N3O4S. The summed E-state index contributed by atoms with van der Waals surface area (Å²) in [6.07, 6.45) is 1.70. The normalized spacial score (nSPS) is 17.2. The van der Waals surface area contributed by atoms with E-state index in [1.54, 1.807) is 17.7 Å².